The molecule has 27 heavy (non-hydrogen) atoms. The van der Waals surface area contributed by atoms with Gasteiger partial charge in [0.05, 0.1) is 18.1 Å². The summed E-state index contributed by atoms with van der Waals surface area (Å²) in [5, 5.41) is 8.01. The summed E-state index contributed by atoms with van der Waals surface area (Å²) in [6, 6.07) is 1.94. The smallest absolute Gasteiger partial charge is 0.180 e. The third-order valence-electron chi connectivity index (χ3n) is 4.63. The standard InChI is InChI=1S/C18H21N9/c1-25-6-8-26(9-7-25)16-3-5-21-18(24-16)15-10-23-17-11-22-14(12-27(15)17)13(20)2-4-19/h2-5,10-12,20H,6-9,19H2,1H3/b4-2-,20-13?. The fourth-order valence-corrected chi connectivity index (χ4v) is 3.06. The Kier molecular flexibility index (Phi) is 4.51. The highest BCUT2D eigenvalue weighted by Gasteiger charge is 2.17. The molecule has 1 aliphatic heterocycles. The van der Waals surface area contributed by atoms with Gasteiger partial charge < -0.3 is 15.5 Å². The molecular formula is C18H21N9. The summed E-state index contributed by atoms with van der Waals surface area (Å²) in [4.78, 5) is 22.4. The summed E-state index contributed by atoms with van der Waals surface area (Å²) < 4.78 is 1.85. The van der Waals surface area contributed by atoms with Crippen LogP contribution in [-0.4, -0.2) is 68.2 Å². The number of allylic oxidation sites excluding steroid dienone is 1. The van der Waals surface area contributed by atoms with Gasteiger partial charge in [-0.25, -0.2) is 19.9 Å². The van der Waals surface area contributed by atoms with Crippen LogP contribution in [0, 0.1) is 5.41 Å². The molecule has 0 atom stereocenters. The molecule has 0 unspecified atom stereocenters. The zero-order valence-electron chi connectivity index (χ0n) is 15.1. The Bertz CT molecular complexity index is 999. The lowest BCUT2D eigenvalue weighted by Crippen LogP contribution is -2.44. The summed E-state index contributed by atoms with van der Waals surface area (Å²) in [6.45, 7) is 3.91. The second-order valence-electron chi connectivity index (χ2n) is 6.45. The van der Waals surface area contributed by atoms with Crippen LogP contribution in [0.1, 0.15) is 5.69 Å². The lowest BCUT2D eigenvalue weighted by Gasteiger charge is -2.33. The average molecular weight is 363 g/mol. The molecule has 0 aromatic carbocycles. The number of nitrogens with zero attached hydrogens (tertiary/aromatic N) is 7. The average Bonchev–Trinajstić information content (AvgIpc) is 3.12. The van der Waals surface area contributed by atoms with Gasteiger partial charge in [-0.2, -0.15) is 0 Å². The van der Waals surface area contributed by atoms with Crippen molar-refractivity contribution in [3.05, 3.63) is 48.8 Å². The number of nitrogens with two attached hydrogens (primary N) is 1. The maximum atomic E-state index is 8.01. The van der Waals surface area contributed by atoms with Crippen molar-refractivity contribution in [3.63, 3.8) is 0 Å². The number of nitrogens with one attached hydrogen (secondary N) is 1. The number of anilines is 1. The van der Waals surface area contributed by atoms with E-state index in [0.717, 1.165) is 37.7 Å². The summed E-state index contributed by atoms with van der Waals surface area (Å²) in [5.74, 6) is 1.51. The zero-order valence-corrected chi connectivity index (χ0v) is 15.1. The highest BCUT2D eigenvalue weighted by Crippen LogP contribution is 2.20. The summed E-state index contributed by atoms with van der Waals surface area (Å²) >= 11 is 0. The van der Waals surface area contributed by atoms with Crippen LogP contribution >= 0.6 is 0 Å². The van der Waals surface area contributed by atoms with E-state index in [2.05, 4.69) is 31.8 Å². The Labute approximate surface area is 156 Å². The normalized spacial score (nSPS) is 15.7. The van der Waals surface area contributed by atoms with E-state index in [4.69, 9.17) is 16.1 Å². The van der Waals surface area contributed by atoms with Gasteiger partial charge in [-0.15, -0.1) is 0 Å². The summed E-state index contributed by atoms with van der Waals surface area (Å²) in [7, 11) is 2.13. The predicted octanol–water partition coefficient (Wildman–Crippen LogP) is 0.778. The fourth-order valence-electron chi connectivity index (χ4n) is 3.06. The van der Waals surface area contributed by atoms with Gasteiger partial charge >= 0.3 is 0 Å². The Morgan fingerprint density at radius 3 is 2.74 bits per heavy atom. The van der Waals surface area contributed by atoms with Gasteiger partial charge in [0.1, 0.15) is 17.2 Å². The maximum absolute atomic E-state index is 8.01. The molecule has 0 bridgehead atoms. The van der Waals surface area contributed by atoms with Crippen molar-refractivity contribution >= 4 is 17.2 Å². The van der Waals surface area contributed by atoms with E-state index in [0.29, 0.717) is 17.2 Å². The van der Waals surface area contributed by atoms with Gasteiger partial charge in [-0.05, 0) is 25.4 Å². The molecule has 9 nitrogen and oxygen atoms in total. The number of aromatic nitrogens is 5. The van der Waals surface area contributed by atoms with Gasteiger partial charge in [-0.3, -0.25) is 9.81 Å². The van der Waals surface area contributed by atoms with Crippen LogP contribution in [0.4, 0.5) is 5.82 Å². The Morgan fingerprint density at radius 1 is 1.15 bits per heavy atom. The molecule has 9 heteroatoms. The third kappa shape index (κ3) is 3.36. The Balaban J connectivity index is 1.71. The maximum Gasteiger partial charge on any atom is 0.180 e. The highest BCUT2D eigenvalue weighted by molar-refractivity contribution is 6.04. The van der Waals surface area contributed by atoms with Gasteiger partial charge in [-0.1, -0.05) is 0 Å². The first-order valence-electron chi connectivity index (χ1n) is 8.73. The number of fused-ring (bicyclic) bond motifs is 1. The van der Waals surface area contributed by atoms with Crippen LogP contribution < -0.4 is 10.6 Å². The molecule has 1 aliphatic rings. The third-order valence-corrected chi connectivity index (χ3v) is 4.63. The van der Waals surface area contributed by atoms with Crippen molar-refractivity contribution in [2.45, 2.75) is 0 Å². The second-order valence-corrected chi connectivity index (χ2v) is 6.45. The molecule has 4 heterocycles. The number of imidazole rings is 1. The highest BCUT2D eigenvalue weighted by atomic mass is 15.3. The van der Waals surface area contributed by atoms with Crippen molar-refractivity contribution in [1.29, 1.82) is 5.41 Å². The molecular weight excluding hydrogens is 342 g/mol. The molecule has 3 aromatic heterocycles. The van der Waals surface area contributed by atoms with Crippen molar-refractivity contribution in [3.8, 4) is 11.5 Å². The van der Waals surface area contributed by atoms with E-state index in [-0.39, 0.29) is 5.71 Å². The fraction of sp³-hybridized carbons (Fsp3) is 0.278. The molecule has 0 spiro atoms. The van der Waals surface area contributed by atoms with Crippen LogP contribution in [0.15, 0.2) is 43.1 Å². The van der Waals surface area contributed by atoms with Crippen LogP contribution in [0.2, 0.25) is 0 Å². The quantitative estimate of drug-likeness (QED) is 0.659. The van der Waals surface area contributed by atoms with E-state index in [1.54, 1.807) is 24.8 Å². The van der Waals surface area contributed by atoms with E-state index >= 15 is 0 Å². The summed E-state index contributed by atoms with van der Waals surface area (Å²) in [5.41, 5.74) is 7.54. The second kappa shape index (κ2) is 7.12. The number of rotatable bonds is 4. The molecule has 3 aromatic rings. The van der Waals surface area contributed by atoms with Crippen molar-refractivity contribution in [1.82, 2.24) is 29.2 Å². The van der Waals surface area contributed by atoms with Crippen molar-refractivity contribution < 1.29 is 0 Å². The topological polar surface area (TPSA) is 112 Å². The van der Waals surface area contributed by atoms with Crippen molar-refractivity contribution in [2.75, 3.05) is 38.1 Å². The van der Waals surface area contributed by atoms with Crippen molar-refractivity contribution in [2.24, 2.45) is 5.73 Å². The number of piperazine rings is 1. The molecule has 4 rings (SSSR count). The monoisotopic (exact) mass is 363 g/mol. The van der Waals surface area contributed by atoms with E-state index in [1.807, 2.05) is 10.5 Å². The molecule has 0 amide bonds. The van der Waals surface area contributed by atoms with E-state index in [9.17, 15) is 0 Å². The minimum atomic E-state index is 0.228. The van der Waals surface area contributed by atoms with Crippen LogP contribution in [0.25, 0.3) is 17.2 Å². The lowest BCUT2D eigenvalue weighted by molar-refractivity contribution is 0.312. The molecule has 0 aliphatic carbocycles. The Morgan fingerprint density at radius 2 is 1.96 bits per heavy atom. The number of hydrogen-bond acceptors (Lipinski definition) is 8. The van der Waals surface area contributed by atoms with E-state index < -0.39 is 0 Å². The molecule has 1 fully saturated rings. The van der Waals surface area contributed by atoms with Gasteiger partial charge in [0.2, 0.25) is 0 Å². The molecule has 1 saturated heterocycles. The molecule has 0 saturated carbocycles. The zero-order chi connectivity index (χ0) is 18.8. The largest absolute Gasteiger partial charge is 0.405 e. The van der Waals surface area contributed by atoms with Crippen LogP contribution in [0.5, 0.6) is 0 Å². The minimum Gasteiger partial charge on any atom is -0.405 e. The predicted molar refractivity (Wildman–Crippen MR) is 104 cm³/mol. The first kappa shape index (κ1) is 17.1. The summed E-state index contributed by atoms with van der Waals surface area (Å²) in [6.07, 6.45) is 9.71. The van der Waals surface area contributed by atoms with Gasteiger partial charge in [0.25, 0.3) is 0 Å². The van der Waals surface area contributed by atoms with Gasteiger partial charge in [0, 0.05) is 38.6 Å². The van der Waals surface area contributed by atoms with E-state index in [1.165, 1.54) is 12.3 Å². The SMILES string of the molecule is CN1CCN(c2ccnc(-c3cnc4cnc(C(=N)/C=C\N)cn34)n2)CC1. The molecule has 3 N–H and O–H groups in total. The first-order valence-corrected chi connectivity index (χ1v) is 8.73. The van der Waals surface area contributed by atoms with Crippen LogP contribution in [-0.2, 0) is 0 Å². The molecule has 138 valence electrons. The first-order chi connectivity index (χ1) is 13.2. The van der Waals surface area contributed by atoms with Crippen LogP contribution in [0.3, 0.4) is 0 Å². The number of hydrogen-bond donors (Lipinski definition) is 2. The van der Waals surface area contributed by atoms with Gasteiger partial charge in [0.15, 0.2) is 11.5 Å². The lowest BCUT2D eigenvalue weighted by atomic mass is 10.2. The Hall–Kier alpha value is -3.33. The minimum absolute atomic E-state index is 0.228. The molecule has 0 radical (unpaired) electrons. The number of likely N-dealkylation sites (N-methyl/N-ethyl adjacent to an activating group) is 1.